The summed E-state index contributed by atoms with van der Waals surface area (Å²) in [7, 11) is 0. The van der Waals surface area contributed by atoms with E-state index in [1.165, 1.54) is 21.8 Å². The maximum absolute atomic E-state index is 14.0. The molecule has 2 saturated carbocycles. The van der Waals surface area contributed by atoms with E-state index in [4.69, 9.17) is 4.74 Å². The maximum Gasteiger partial charge on any atom is 0.305 e. The summed E-state index contributed by atoms with van der Waals surface area (Å²) in [5, 5.41) is 1.01. The number of H-pyrrole nitrogens is 1. The molecule has 8 rings (SSSR count). The largest absolute Gasteiger partial charge is 0.489 e. The lowest BCUT2D eigenvalue weighted by atomic mass is 9.68. The quantitative estimate of drug-likeness (QED) is 0.240. The van der Waals surface area contributed by atoms with Gasteiger partial charge < -0.3 is 9.72 Å². The van der Waals surface area contributed by atoms with Crippen LogP contribution in [0.5, 0.6) is 5.75 Å². The van der Waals surface area contributed by atoms with E-state index in [0.29, 0.717) is 12.3 Å². The number of ether oxygens (including phenoxy) is 1. The zero-order chi connectivity index (χ0) is 28.7. The summed E-state index contributed by atoms with van der Waals surface area (Å²) in [6.07, 6.45) is 0.848. The zero-order valence-corrected chi connectivity index (χ0v) is 25.9. The van der Waals surface area contributed by atoms with Crippen molar-refractivity contribution >= 4 is 56.5 Å². The fourth-order valence-electron chi connectivity index (χ4n) is 7.94. The molecule has 2 aliphatic heterocycles. The predicted octanol–water partition coefficient (Wildman–Crippen LogP) is 6.76. The number of aromatic amines is 1. The minimum atomic E-state index is -0.339. The van der Waals surface area contributed by atoms with Gasteiger partial charge in [-0.25, -0.2) is 0 Å². The number of nitrogens with zero attached hydrogens (tertiary/aromatic N) is 1. The number of hydrogen-bond donors (Lipinski definition) is 1. The molecule has 4 aromatic rings. The molecule has 1 aromatic heterocycles. The van der Waals surface area contributed by atoms with Crippen molar-refractivity contribution in [1.29, 1.82) is 0 Å². The van der Waals surface area contributed by atoms with E-state index >= 15 is 0 Å². The van der Waals surface area contributed by atoms with E-state index < -0.39 is 0 Å². The van der Waals surface area contributed by atoms with Crippen LogP contribution >= 0.6 is 39.0 Å². The fourth-order valence-corrected chi connectivity index (χ4v) is 11.2. The number of carbonyl (C=O) groups excluding carboxylic acids is 2. The summed E-state index contributed by atoms with van der Waals surface area (Å²) < 4.78 is 7.41. The molecule has 2 amide bonds. The summed E-state index contributed by atoms with van der Waals surface area (Å²) in [5.41, 5.74) is 3.95. The van der Waals surface area contributed by atoms with Gasteiger partial charge in [0.25, 0.3) is 0 Å². The van der Waals surface area contributed by atoms with Crippen LogP contribution in [0.15, 0.2) is 87.1 Å². The van der Waals surface area contributed by atoms with E-state index in [1.54, 1.807) is 11.8 Å². The Morgan fingerprint density at radius 2 is 1.69 bits per heavy atom. The van der Waals surface area contributed by atoms with Crippen LogP contribution in [-0.4, -0.2) is 22.0 Å². The molecule has 7 atom stereocenters. The summed E-state index contributed by atoms with van der Waals surface area (Å²) in [6, 6.07) is 23.7. The van der Waals surface area contributed by atoms with Crippen LogP contribution in [-0.2, 0) is 16.2 Å². The number of nitrogens with one attached hydrogen (secondary N) is 1. The zero-order valence-electron chi connectivity index (χ0n) is 22.7. The van der Waals surface area contributed by atoms with E-state index in [9.17, 15) is 14.4 Å². The Balaban J connectivity index is 1.20. The molecule has 42 heavy (non-hydrogen) atoms. The molecule has 6 nitrogen and oxygen atoms in total. The molecular formula is C33H27BrN2O4S2. The highest BCUT2D eigenvalue weighted by Crippen LogP contribution is 2.69. The van der Waals surface area contributed by atoms with Crippen molar-refractivity contribution in [3.05, 3.63) is 109 Å². The summed E-state index contributed by atoms with van der Waals surface area (Å²) >= 11 is 6.65. The number of anilines is 1. The molecule has 1 saturated heterocycles. The molecule has 9 heteroatoms. The number of hydrogen-bond acceptors (Lipinski definition) is 6. The highest BCUT2D eigenvalue weighted by atomic mass is 79.9. The first-order valence-corrected chi connectivity index (χ1v) is 16.7. The number of para-hydroxylation sites is 1. The van der Waals surface area contributed by atoms with Crippen LogP contribution in [0.2, 0.25) is 0 Å². The molecule has 4 aliphatic rings. The van der Waals surface area contributed by atoms with Gasteiger partial charge in [0.05, 0.1) is 22.5 Å². The van der Waals surface area contributed by atoms with E-state index in [-0.39, 0.29) is 57.4 Å². The van der Waals surface area contributed by atoms with Crippen LogP contribution < -0.4 is 14.5 Å². The van der Waals surface area contributed by atoms with Gasteiger partial charge in [0.2, 0.25) is 11.8 Å². The number of carbonyl (C=O) groups is 2. The van der Waals surface area contributed by atoms with Gasteiger partial charge in [-0.15, -0.1) is 11.8 Å². The van der Waals surface area contributed by atoms with Gasteiger partial charge in [0, 0.05) is 26.1 Å². The van der Waals surface area contributed by atoms with Gasteiger partial charge in [0.15, 0.2) is 0 Å². The third-order valence-corrected chi connectivity index (χ3v) is 12.6. The van der Waals surface area contributed by atoms with Crippen molar-refractivity contribution in [2.75, 3.05) is 4.90 Å². The van der Waals surface area contributed by atoms with Crippen molar-refractivity contribution in [1.82, 2.24) is 4.98 Å². The number of imide groups is 1. The number of aromatic nitrogens is 1. The molecule has 5 unspecified atom stereocenters. The lowest BCUT2D eigenvalue weighted by Gasteiger charge is -2.43. The van der Waals surface area contributed by atoms with Gasteiger partial charge in [-0.05, 0) is 67.0 Å². The number of halogens is 1. The molecule has 2 aliphatic carbocycles. The number of benzene rings is 3. The van der Waals surface area contributed by atoms with Crippen molar-refractivity contribution in [2.45, 2.75) is 36.1 Å². The molecule has 3 heterocycles. The Labute approximate surface area is 259 Å². The van der Waals surface area contributed by atoms with Crippen LogP contribution in [0.4, 0.5) is 5.69 Å². The normalized spacial score (nSPS) is 29.0. The Morgan fingerprint density at radius 3 is 2.45 bits per heavy atom. The van der Waals surface area contributed by atoms with Crippen LogP contribution in [0.1, 0.15) is 33.9 Å². The topological polar surface area (TPSA) is 79.5 Å². The van der Waals surface area contributed by atoms with Crippen molar-refractivity contribution in [3.63, 3.8) is 0 Å². The average molecular weight is 660 g/mol. The Kier molecular flexibility index (Phi) is 6.28. The smallest absolute Gasteiger partial charge is 0.305 e. The third kappa shape index (κ3) is 4.00. The number of thiazole rings is 1. The first-order valence-electron chi connectivity index (χ1n) is 14.2. The van der Waals surface area contributed by atoms with Crippen LogP contribution in [0.3, 0.4) is 0 Å². The van der Waals surface area contributed by atoms with Gasteiger partial charge in [0.1, 0.15) is 12.4 Å². The Bertz CT molecular complexity index is 1790. The van der Waals surface area contributed by atoms with Gasteiger partial charge >= 0.3 is 4.87 Å². The number of thioether (sulfide) groups is 1. The number of fused-ring (bicyclic) bond motifs is 9. The molecule has 0 radical (unpaired) electrons. The van der Waals surface area contributed by atoms with Crippen LogP contribution in [0, 0.1) is 36.5 Å². The van der Waals surface area contributed by atoms with Crippen molar-refractivity contribution < 1.29 is 14.3 Å². The number of amides is 2. The first-order chi connectivity index (χ1) is 20.4. The second kappa shape index (κ2) is 9.96. The minimum absolute atomic E-state index is 0.0435. The van der Waals surface area contributed by atoms with Crippen molar-refractivity contribution in [2.24, 2.45) is 29.6 Å². The highest BCUT2D eigenvalue weighted by molar-refractivity contribution is 9.10. The maximum atomic E-state index is 14.0. The molecule has 212 valence electrons. The van der Waals surface area contributed by atoms with Crippen molar-refractivity contribution in [3.8, 4) is 5.75 Å². The van der Waals surface area contributed by atoms with E-state index in [1.807, 2.05) is 42.5 Å². The van der Waals surface area contributed by atoms with E-state index in [0.717, 1.165) is 37.7 Å². The predicted molar refractivity (Wildman–Crippen MR) is 167 cm³/mol. The lowest BCUT2D eigenvalue weighted by Crippen LogP contribution is -2.42. The second-order valence-electron chi connectivity index (χ2n) is 11.8. The SMILES string of the molecule is Cc1ccc(COc2ccc(Br)cc2C2c3sc(=O)[nH]c3SC3C2[C@H]2C[C@@H]3C3C(=O)N(c4ccccc4)C(=O)C32)cc1. The standard InChI is InChI=1S/C33H27BrN2O4S2/c1-16-7-9-17(10-8-16)15-40-23-12-11-18(34)13-20(23)24-25-21-14-22(28(25)41-30-29(24)42-33(39)35-30)27-26(21)31(37)36(32(27)38)19-5-3-2-4-6-19/h2-13,21-22,24-28H,14-15H2,1H3,(H,35,39)/t21-,22-,24?,25?,26?,27?,28?/m1/s1. The molecule has 3 fully saturated rings. The van der Waals surface area contributed by atoms with Crippen LogP contribution in [0.25, 0.3) is 0 Å². The summed E-state index contributed by atoms with van der Waals surface area (Å²) in [5.74, 6) is 0.0641. The minimum Gasteiger partial charge on any atom is -0.489 e. The lowest BCUT2D eigenvalue weighted by molar-refractivity contribution is -0.123. The molecule has 3 aromatic carbocycles. The first kappa shape index (κ1) is 26.5. The third-order valence-electron chi connectivity index (χ3n) is 9.56. The monoisotopic (exact) mass is 658 g/mol. The summed E-state index contributed by atoms with van der Waals surface area (Å²) in [4.78, 5) is 46.0. The van der Waals surface area contributed by atoms with Gasteiger partial charge in [-0.1, -0.05) is 75.3 Å². The number of rotatable bonds is 5. The summed E-state index contributed by atoms with van der Waals surface area (Å²) in [6.45, 7) is 2.49. The fraction of sp³-hybridized carbons (Fsp3) is 0.303. The Hall–Kier alpha value is -3.14. The molecule has 1 N–H and O–H groups in total. The van der Waals surface area contributed by atoms with E-state index in [2.05, 4.69) is 58.2 Å². The number of aryl methyl sites for hydroxylation is 1. The van der Waals surface area contributed by atoms with Gasteiger partial charge in [-0.2, -0.15) is 0 Å². The molecule has 2 bridgehead atoms. The highest BCUT2D eigenvalue weighted by Gasteiger charge is 2.69. The molecular weight excluding hydrogens is 632 g/mol. The van der Waals surface area contributed by atoms with Gasteiger partial charge in [-0.3, -0.25) is 19.3 Å². The average Bonchev–Trinajstić information content (AvgIpc) is 3.72. The second-order valence-corrected chi connectivity index (χ2v) is 14.9. The Morgan fingerprint density at radius 1 is 0.952 bits per heavy atom. The molecule has 0 spiro atoms.